The first-order valence-electron chi connectivity index (χ1n) is 5.74. The van der Waals surface area contributed by atoms with Crippen LogP contribution < -0.4 is 5.32 Å². The van der Waals surface area contributed by atoms with E-state index in [1.54, 1.807) is 12.1 Å². The van der Waals surface area contributed by atoms with E-state index in [1.165, 1.54) is 16.6 Å². The first-order chi connectivity index (χ1) is 7.78. The van der Waals surface area contributed by atoms with Gasteiger partial charge in [-0.1, -0.05) is 0 Å². The summed E-state index contributed by atoms with van der Waals surface area (Å²) < 4.78 is 13.1. The van der Waals surface area contributed by atoms with Crippen LogP contribution in [0.4, 0.5) is 4.39 Å². The van der Waals surface area contributed by atoms with Gasteiger partial charge < -0.3 is 10.3 Å². The molecule has 84 valence electrons. The number of halogens is 1. The monoisotopic (exact) mass is 218 g/mol. The molecule has 0 saturated heterocycles. The first-order valence-corrected chi connectivity index (χ1v) is 5.74. The summed E-state index contributed by atoms with van der Waals surface area (Å²) in [7, 11) is 2.00. The molecule has 0 bridgehead atoms. The van der Waals surface area contributed by atoms with E-state index in [2.05, 4.69) is 10.3 Å². The molecule has 2 aromatic rings. The van der Waals surface area contributed by atoms with Crippen molar-refractivity contribution in [1.29, 1.82) is 0 Å². The molecule has 2 nitrogen and oxygen atoms in total. The lowest BCUT2D eigenvalue weighted by atomic mass is 9.92. The Kier molecular flexibility index (Phi) is 2.21. The van der Waals surface area contributed by atoms with E-state index in [1.807, 2.05) is 13.1 Å². The molecule has 0 aliphatic heterocycles. The topological polar surface area (TPSA) is 27.8 Å². The van der Waals surface area contributed by atoms with Crippen molar-refractivity contribution in [3.05, 3.63) is 35.3 Å². The van der Waals surface area contributed by atoms with Crippen LogP contribution in [0.25, 0.3) is 10.9 Å². The number of aryl methyl sites for hydroxylation is 1. The molecule has 1 aromatic carbocycles. The average molecular weight is 218 g/mol. The molecular weight excluding hydrogens is 203 g/mol. The molecule has 2 N–H and O–H groups in total. The van der Waals surface area contributed by atoms with Gasteiger partial charge in [-0.25, -0.2) is 4.39 Å². The molecule has 1 aliphatic rings. The highest BCUT2D eigenvalue weighted by molar-refractivity contribution is 5.85. The third-order valence-electron chi connectivity index (χ3n) is 3.56. The van der Waals surface area contributed by atoms with Crippen LogP contribution >= 0.6 is 0 Å². The number of aromatic nitrogens is 1. The third kappa shape index (κ3) is 1.43. The predicted octanol–water partition coefficient (Wildman–Crippen LogP) is 2.38. The van der Waals surface area contributed by atoms with Crippen molar-refractivity contribution < 1.29 is 4.39 Å². The fraction of sp³-hybridized carbons (Fsp3) is 0.385. The van der Waals surface area contributed by atoms with Gasteiger partial charge in [-0.05, 0) is 43.7 Å². The van der Waals surface area contributed by atoms with E-state index < -0.39 is 0 Å². The van der Waals surface area contributed by atoms with Gasteiger partial charge >= 0.3 is 0 Å². The zero-order chi connectivity index (χ0) is 11.1. The normalized spacial score (nSPS) is 20.0. The van der Waals surface area contributed by atoms with Crippen molar-refractivity contribution in [3.8, 4) is 0 Å². The van der Waals surface area contributed by atoms with E-state index in [0.717, 1.165) is 24.8 Å². The SMILES string of the molecule is CNC1CCc2c([nH]c3cc(F)ccc23)C1. The fourth-order valence-electron chi connectivity index (χ4n) is 2.66. The summed E-state index contributed by atoms with van der Waals surface area (Å²) in [5, 5.41) is 4.49. The molecule has 1 aliphatic carbocycles. The van der Waals surface area contributed by atoms with E-state index in [0.29, 0.717) is 6.04 Å². The summed E-state index contributed by atoms with van der Waals surface area (Å²) in [4.78, 5) is 3.34. The van der Waals surface area contributed by atoms with Gasteiger partial charge in [0.1, 0.15) is 5.82 Å². The highest BCUT2D eigenvalue weighted by atomic mass is 19.1. The largest absolute Gasteiger partial charge is 0.358 e. The summed E-state index contributed by atoms with van der Waals surface area (Å²) in [6.07, 6.45) is 3.25. The number of hydrogen-bond acceptors (Lipinski definition) is 1. The maximum atomic E-state index is 13.1. The van der Waals surface area contributed by atoms with Gasteiger partial charge in [-0.15, -0.1) is 0 Å². The van der Waals surface area contributed by atoms with Gasteiger partial charge in [0.05, 0.1) is 0 Å². The zero-order valence-corrected chi connectivity index (χ0v) is 9.31. The van der Waals surface area contributed by atoms with Gasteiger partial charge in [-0.2, -0.15) is 0 Å². The molecule has 1 heterocycles. The van der Waals surface area contributed by atoms with Crippen molar-refractivity contribution in [2.75, 3.05) is 7.05 Å². The minimum absolute atomic E-state index is 0.170. The van der Waals surface area contributed by atoms with Crippen molar-refractivity contribution in [2.45, 2.75) is 25.3 Å². The van der Waals surface area contributed by atoms with E-state index in [4.69, 9.17) is 0 Å². The van der Waals surface area contributed by atoms with Crippen LogP contribution in [-0.4, -0.2) is 18.1 Å². The lowest BCUT2D eigenvalue weighted by Gasteiger charge is -2.21. The molecule has 3 rings (SSSR count). The summed E-state index contributed by atoms with van der Waals surface area (Å²) in [5.74, 6) is -0.170. The van der Waals surface area contributed by atoms with Crippen molar-refractivity contribution in [1.82, 2.24) is 10.3 Å². The number of aromatic amines is 1. The number of benzene rings is 1. The van der Waals surface area contributed by atoms with Crippen LogP contribution in [0.5, 0.6) is 0 Å². The highest BCUT2D eigenvalue weighted by Gasteiger charge is 2.21. The number of rotatable bonds is 1. The Morgan fingerprint density at radius 2 is 2.31 bits per heavy atom. The second-order valence-electron chi connectivity index (χ2n) is 4.50. The predicted molar refractivity (Wildman–Crippen MR) is 63.1 cm³/mol. The Morgan fingerprint density at radius 3 is 3.12 bits per heavy atom. The molecule has 1 aromatic heterocycles. The van der Waals surface area contributed by atoms with E-state index in [-0.39, 0.29) is 5.82 Å². The van der Waals surface area contributed by atoms with Crippen LogP contribution in [0.2, 0.25) is 0 Å². The zero-order valence-electron chi connectivity index (χ0n) is 9.31. The minimum atomic E-state index is -0.170. The number of likely N-dealkylation sites (N-methyl/N-ethyl adjacent to an activating group) is 1. The third-order valence-corrected chi connectivity index (χ3v) is 3.56. The molecule has 0 spiro atoms. The Labute approximate surface area is 93.9 Å². The summed E-state index contributed by atoms with van der Waals surface area (Å²) in [6.45, 7) is 0. The van der Waals surface area contributed by atoms with Crippen molar-refractivity contribution >= 4 is 10.9 Å². The molecule has 16 heavy (non-hydrogen) atoms. The Bertz CT molecular complexity index is 530. The molecule has 0 radical (unpaired) electrons. The van der Waals surface area contributed by atoms with Gasteiger partial charge in [0.25, 0.3) is 0 Å². The standard InChI is InChI=1S/C13H15FN2/c1-15-9-3-5-11-10-4-2-8(14)6-12(10)16-13(11)7-9/h2,4,6,9,15-16H,3,5,7H2,1H3. The van der Waals surface area contributed by atoms with Crippen LogP contribution in [-0.2, 0) is 12.8 Å². The highest BCUT2D eigenvalue weighted by Crippen LogP contribution is 2.29. The van der Waals surface area contributed by atoms with Gasteiger partial charge in [0.15, 0.2) is 0 Å². The molecule has 0 saturated carbocycles. The average Bonchev–Trinajstić information content (AvgIpc) is 2.64. The molecule has 0 amide bonds. The fourth-order valence-corrected chi connectivity index (χ4v) is 2.66. The Hall–Kier alpha value is -1.35. The van der Waals surface area contributed by atoms with Crippen LogP contribution in [0, 0.1) is 5.82 Å². The van der Waals surface area contributed by atoms with Gasteiger partial charge in [-0.3, -0.25) is 0 Å². The molecular formula is C13H15FN2. The van der Waals surface area contributed by atoms with Gasteiger partial charge in [0.2, 0.25) is 0 Å². The number of H-pyrrole nitrogens is 1. The maximum Gasteiger partial charge on any atom is 0.125 e. The quantitative estimate of drug-likeness (QED) is 0.755. The summed E-state index contributed by atoms with van der Waals surface area (Å²) in [5.41, 5.74) is 3.58. The Morgan fingerprint density at radius 1 is 1.44 bits per heavy atom. The lowest BCUT2D eigenvalue weighted by Crippen LogP contribution is -2.31. The first kappa shape index (κ1) is 9.85. The number of hydrogen-bond donors (Lipinski definition) is 2. The molecule has 1 unspecified atom stereocenters. The van der Waals surface area contributed by atoms with E-state index >= 15 is 0 Å². The van der Waals surface area contributed by atoms with Crippen LogP contribution in [0.15, 0.2) is 18.2 Å². The van der Waals surface area contributed by atoms with Crippen LogP contribution in [0.1, 0.15) is 17.7 Å². The second kappa shape index (κ2) is 3.59. The Balaban J connectivity index is 2.12. The summed E-state index contributed by atoms with van der Waals surface area (Å²) >= 11 is 0. The van der Waals surface area contributed by atoms with Gasteiger partial charge in [0, 0.05) is 29.1 Å². The minimum Gasteiger partial charge on any atom is -0.358 e. The second-order valence-corrected chi connectivity index (χ2v) is 4.50. The number of nitrogens with one attached hydrogen (secondary N) is 2. The maximum absolute atomic E-state index is 13.1. The van der Waals surface area contributed by atoms with E-state index in [9.17, 15) is 4.39 Å². The lowest BCUT2D eigenvalue weighted by molar-refractivity contribution is 0.493. The smallest absolute Gasteiger partial charge is 0.125 e. The number of fused-ring (bicyclic) bond motifs is 3. The molecule has 3 heteroatoms. The van der Waals surface area contributed by atoms with Crippen molar-refractivity contribution in [3.63, 3.8) is 0 Å². The molecule has 1 atom stereocenters. The van der Waals surface area contributed by atoms with Crippen molar-refractivity contribution in [2.24, 2.45) is 0 Å². The molecule has 0 fully saturated rings. The van der Waals surface area contributed by atoms with Crippen LogP contribution in [0.3, 0.4) is 0 Å². The summed E-state index contributed by atoms with van der Waals surface area (Å²) in [6, 6.07) is 5.56.